The molecule has 0 saturated carbocycles. The number of nitrogen functional groups attached to an aromatic ring is 1. The number of aromatic nitrogens is 2. The second-order valence-corrected chi connectivity index (χ2v) is 3.08. The van der Waals surface area contributed by atoms with Gasteiger partial charge in [-0.3, -0.25) is 10.2 Å². The molecule has 72 valence electrons. The van der Waals surface area contributed by atoms with Gasteiger partial charge in [-0.05, 0) is 18.6 Å². The van der Waals surface area contributed by atoms with Crippen molar-refractivity contribution in [1.82, 2.24) is 15.4 Å². The number of carbonyl (C=O) groups excluding carboxylic acids is 1. The summed E-state index contributed by atoms with van der Waals surface area (Å²) in [5.41, 5.74) is 4.30. The van der Waals surface area contributed by atoms with Crippen LogP contribution in [0.25, 0.3) is 11.0 Å². The number of aryl methyl sites for hydroxylation is 1. The molecule has 0 saturated heterocycles. The van der Waals surface area contributed by atoms with E-state index in [9.17, 15) is 4.79 Å². The van der Waals surface area contributed by atoms with Crippen molar-refractivity contribution < 1.29 is 4.79 Å². The molecule has 5 heteroatoms. The Morgan fingerprint density at radius 3 is 3.14 bits per heavy atom. The van der Waals surface area contributed by atoms with Gasteiger partial charge >= 0.3 is 0 Å². The topological polar surface area (TPSA) is 83.8 Å². The van der Waals surface area contributed by atoms with Gasteiger partial charge in [-0.1, -0.05) is 0 Å². The van der Waals surface area contributed by atoms with Crippen molar-refractivity contribution in [3.05, 3.63) is 29.6 Å². The highest BCUT2D eigenvalue weighted by Gasteiger charge is 2.10. The molecular weight excluding hydrogens is 180 g/mol. The Hall–Kier alpha value is -1.88. The maximum absolute atomic E-state index is 11.3. The monoisotopic (exact) mass is 190 g/mol. The third-order valence-electron chi connectivity index (χ3n) is 2.04. The van der Waals surface area contributed by atoms with Crippen LogP contribution in [0.15, 0.2) is 18.5 Å². The summed E-state index contributed by atoms with van der Waals surface area (Å²) in [6, 6.07) is 1.89. The summed E-state index contributed by atoms with van der Waals surface area (Å²) in [4.78, 5) is 18.4. The van der Waals surface area contributed by atoms with Crippen molar-refractivity contribution in [2.75, 3.05) is 0 Å². The first-order valence-electron chi connectivity index (χ1n) is 4.17. The highest BCUT2D eigenvalue weighted by Crippen LogP contribution is 2.16. The van der Waals surface area contributed by atoms with Crippen LogP contribution in [0.1, 0.15) is 15.9 Å². The van der Waals surface area contributed by atoms with E-state index < -0.39 is 0 Å². The first-order chi connectivity index (χ1) is 6.72. The lowest BCUT2D eigenvalue weighted by molar-refractivity contribution is 0.0955. The van der Waals surface area contributed by atoms with E-state index in [0.29, 0.717) is 11.2 Å². The number of pyridine rings is 1. The van der Waals surface area contributed by atoms with Crippen LogP contribution in [-0.4, -0.2) is 15.9 Å². The molecule has 0 fully saturated rings. The quantitative estimate of drug-likeness (QED) is 0.347. The number of nitrogens with two attached hydrogens (primary N) is 1. The predicted octanol–water partition coefficient (Wildman–Crippen LogP) is 0.475. The summed E-state index contributed by atoms with van der Waals surface area (Å²) in [5, 5.41) is 0.785. The molecule has 5 nitrogen and oxygen atoms in total. The van der Waals surface area contributed by atoms with E-state index in [1.807, 2.05) is 13.0 Å². The van der Waals surface area contributed by atoms with Gasteiger partial charge in [-0.15, -0.1) is 0 Å². The smallest absolute Gasteiger partial charge is 0.267 e. The number of hydrogen-bond acceptors (Lipinski definition) is 3. The van der Waals surface area contributed by atoms with Gasteiger partial charge in [0.25, 0.3) is 5.91 Å². The first kappa shape index (κ1) is 8.71. The maximum atomic E-state index is 11.3. The molecule has 2 aromatic heterocycles. The van der Waals surface area contributed by atoms with E-state index in [1.165, 1.54) is 0 Å². The van der Waals surface area contributed by atoms with Crippen LogP contribution in [-0.2, 0) is 0 Å². The standard InChI is InChI=1S/C9H10N4O/c1-5-2-6-7(9(14)13-10)4-12-8(6)11-3-5/h2-4H,10H2,1H3,(H,11,12)(H,13,14). The SMILES string of the molecule is Cc1cnc2[nH]cc(C(=O)NN)c2c1. The molecule has 2 heterocycles. The number of hydrazine groups is 1. The summed E-state index contributed by atoms with van der Waals surface area (Å²) in [6.45, 7) is 1.92. The van der Waals surface area contributed by atoms with Crippen molar-refractivity contribution >= 4 is 16.9 Å². The number of aromatic amines is 1. The lowest BCUT2D eigenvalue weighted by Gasteiger charge is -1.97. The zero-order valence-corrected chi connectivity index (χ0v) is 7.66. The second-order valence-electron chi connectivity index (χ2n) is 3.08. The lowest BCUT2D eigenvalue weighted by Crippen LogP contribution is -2.29. The fraction of sp³-hybridized carbons (Fsp3) is 0.111. The minimum absolute atomic E-state index is 0.316. The summed E-state index contributed by atoms with van der Waals surface area (Å²) in [6.07, 6.45) is 3.34. The van der Waals surface area contributed by atoms with Crippen LogP contribution in [0.2, 0.25) is 0 Å². The van der Waals surface area contributed by atoms with Gasteiger partial charge in [0.15, 0.2) is 0 Å². The lowest BCUT2D eigenvalue weighted by atomic mass is 10.2. The molecule has 0 bridgehead atoms. The number of hydrogen-bond donors (Lipinski definition) is 3. The fourth-order valence-corrected chi connectivity index (χ4v) is 1.37. The van der Waals surface area contributed by atoms with Crippen LogP contribution < -0.4 is 11.3 Å². The molecule has 14 heavy (non-hydrogen) atoms. The molecule has 0 aliphatic carbocycles. The van der Waals surface area contributed by atoms with Crippen molar-refractivity contribution in [2.45, 2.75) is 6.92 Å². The summed E-state index contributed by atoms with van der Waals surface area (Å²) in [5.74, 6) is 4.74. The maximum Gasteiger partial charge on any atom is 0.267 e. The van der Waals surface area contributed by atoms with Crippen molar-refractivity contribution in [1.29, 1.82) is 0 Å². The highest BCUT2D eigenvalue weighted by molar-refractivity contribution is 6.05. The van der Waals surface area contributed by atoms with Gasteiger partial charge in [0.2, 0.25) is 0 Å². The Kier molecular flexibility index (Phi) is 1.94. The van der Waals surface area contributed by atoms with Crippen LogP contribution in [0.3, 0.4) is 0 Å². The Morgan fingerprint density at radius 2 is 2.43 bits per heavy atom. The second kappa shape index (κ2) is 3.12. The van der Waals surface area contributed by atoms with Gasteiger partial charge in [0.05, 0.1) is 5.56 Å². The van der Waals surface area contributed by atoms with E-state index >= 15 is 0 Å². The largest absolute Gasteiger partial charge is 0.345 e. The highest BCUT2D eigenvalue weighted by atomic mass is 16.2. The third kappa shape index (κ3) is 1.23. The van der Waals surface area contributed by atoms with Crippen LogP contribution in [0.5, 0.6) is 0 Å². The number of carbonyl (C=O) groups is 1. The molecular formula is C9H10N4O. The number of H-pyrrole nitrogens is 1. The molecule has 1 amide bonds. The van der Waals surface area contributed by atoms with Crippen LogP contribution in [0, 0.1) is 6.92 Å². The summed E-state index contributed by atoms with van der Waals surface area (Å²) < 4.78 is 0. The van der Waals surface area contributed by atoms with Crippen molar-refractivity contribution in [3.8, 4) is 0 Å². The van der Waals surface area contributed by atoms with E-state index in [-0.39, 0.29) is 5.91 Å². The predicted molar refractivity (Wildman–Crippen MR) is 52.5 cm³/mol. The van der Waals surface area contributed by atoms with Crippen molar-refractivity contribution in [2.24, 2.45) is 5.84 Å². The molecule has 0 spiro atoms. The van der Waals surface area contributed by atoms with Gasteiger partial charge in [0, 0.05) is 17.8 Å². The molecule has 4 N–H and O–H groups in total. The number of fused-ring (bicyclic) bond motifs is 1. The average molecular weight is 190 g/mol. The molecule has 0 aliphatic heterocycles. The summed E-state index contributed by atoms with van der Waals surface area (Å²) >= 11 is 0. The molecule has 0 radical (unpaired) electrons. The number of rotatable bonds is 1. The van der Waals surface area contributed by atoms with E-state index in [4.69, 9.17) is 5.84 Å². The van der Waals surface area contributed by atoms with Gasteiger partial charge < -0.3 is 4.98 Å². The molecule has 0 atom stereocenters. The minimum Gasteiger partial charge on any atom is -0.345 e. The molecule has 0 aliphatic rings. The van der Waals surface area contributed by atoms with E-state index in [2.05, 4.69) is 15.4 Å². The minimum atomic E-state index is -0.316. The number of nitrogens with zero attached hydrogens (tertiary/aromatic N) is 1. The van der Waals surface area contributed by atoms with Crippen molar-refractivity contribution in [3.63, 3.8) is 0 Å². The number of nitrogens with one attached hydrogen (secondary N) is 2. The van der Waals surface area contributed by atoms with Crippen LogP contribution >= 0.6 is 0 Å². The average Bonchev–Trinajstić information content (AvgIpc) is 2.59. The summed E-state index contributed by atoms with van der Waals surface area (Å²) in [7, 11) is 0. The Labute approximate surface area is 80.3 Å². The van der Waals surface area contributed by atoms with Gasteiger partial charge in [-0.2, -0.15) is 0 Å². The fourth-order valence-electron chi connectivity index (χ4n) is 1.37. The third-order valence-corrected chi connectivity index (χ3v) is 2.04. The molecule has 0 unspecified atom stereocenters. The molecule has 0 aromatic carbocycles. The Morgan fingerprint density at radius 1 is 1.64 bits per heavy atom. The van der Waals surface area contributed by atoms with E-state index in [1.54, 1.807) is 12.4 Å². The van der Waals surface area contributed by atoms with E-state index in [0.717, 1.165) is 10.9 Å². The number of amides is 1. The zero-order valence-electron chi connectivity index (χ0n) is 7.66. The van der Waals surface area contributed by atoms with Gasteiger partial charge in [-0.25, -0.2) is 10.8 Å². The zero-order chi connectivity index (χ0) is 10.1. The van der Waals surface area contributed by atoms with Crippen LogP contribution in [0.4, 0.5) is 0 Å². The molecule has 2 aromatic rings. The van der Waals surface area contributed by atoms with Gasteiger partial charge in [0.1, 0.15) is 5.65 Å². The first-order valence-corrected chi connectivity index (χ1v) is 4.17. The Bertz CT molecular complexity index is 489. The molecule has 2 rings (SSSR count). The normalized spacial score (nSPS) is 10.4. The Balaban J connectivity index is 2.67.